The largest absolute Gasteiger partial charge is 0.397 e. The van der Waals surface area contributed by atoms with Crippen molar-refractivity contribution in [3.63, 3.8) is 0 Å². The summed E-state index contributed by atoms with van der Waals surface area (Å²) in [6.45, 7) is -0.559. The van der Waals surface area contributed by atoms with Gasteiger partial charge in [0.1, 0.15) is 11.8 Å². The van der Waals surface area contributed by atoms with Crippen LogP contribution in [0.1, 0.15) is 23.2 Å². The van der Waals surface area contributed by atoms with Crippen molar-refractivity contribution >= 4 is 5.69 Å². The monoisotopic (exact) mass is 199 g/mol. The average Bonchev–Trinajstić information content (AvgIpc) is 2.16. The Labute approximate surface area is 78.6 Å². The Morgan fingerprint density at radius 1 is 1.64 bits per heavy atom. The first-order valence-electron chi connectivity index (χ1n) is 3.68. The van der Waals surface area contributed by atoms with Crippen LogP contribution in [0.4, 0.5) is 14.5 Å². The molecule has 0 saturated heterocycles. The molecule has 0 unspecified atom stereocenters. The Morgan fingerprint density at radius 3 is 2.71 bits per heavy atom. The molecule has 0 bridgehead atoms. The van der Waals surface area contributed by atoms with Gasteiger partial charge in [0, 0.05) is 5.56 Å². The molecule has 1 rings (SSSR count). The average molecular weight is 199 g/mol. The van der Waals surface area contributed by atoms with Crippen molar-refractivity contribution in [3.8, 4) is 6.07 Å². The highest BCUT2D eigenvalue weighted by Gasteiger charge is 2.19. The molecular weight excluding hydrogens is 192 g/mol. The lowest BCUT2D eigenvalue weighted by Gasteiger charge is -2.08. The molecule has 3 N–H and O–H groups in total. The Bertz CT molecular complexity index is 387. The van der Waals surface area contributed by atoms with E-state index in [4.69, 9.17) is 16.1 Å². The van der Waals surface area contributed by atoms with Crippen molar-refractivity contribution in [2.24, 2.45) is 0 Å². The second-order valence-corrected chi connectivity index (χ2v) is 2.52. The summed E-state index contributed by atoms with van der Waals surface area (Å²) in [4.78, 5) is 3.35. The van der Waals surface area contributed by atoms with Crippen LogP contribution in [0.25, 0.3) is 0 Å². The normalized spacial score (nSPS) is 10.2. The van der Waals surface area contributed by atoms with Gasteiger partial charge in [-0.15, -0.1) is 0 Å². The minimum atomic E-state index is -2.85. The Balaban J connectivity index is 3.43. The van der Waals surface area contributed by atoms with E-state index in [1.807, 2.05) is 0 Å². The summed E-state index contributed by atoms with van der Waals surface area (Å²) in [6, 6.07) is 1.55. The molecule has 6 heteroatoms. The topological polar surface area (TPSA) is 82.9 Å². The second-order valence-electron chi connectivity index (χ2n) is 2.52. The number of aromatic nitrogens is 1. The van der Waals surface area contributed by atoms with Gasteiger partial charge in [0.15, 0.2) is 0 Å². The van der Waals surface area contributed by atoms with Gasteiger partial charge in [0.05, 0.1) is 24.1 Å². The molecule has 1 heterocycles. The van der Waals surface area contributed by atoms with Gasteiger partial charge in [-0.3, -0.25) is 4.98 Å². The van der Waals surface area contributed by atoms with Gasteiger partial charge in [0.2, 0.25) is 0 Å². The number of pyridine rings is 1. The Kier molecular flexibility index (Phi) is 2.94. The summed E-state index contributed by atoms with van der Waals surface area (Å²) in [7, 11) is 0. The Morgan fingerprint density at radius 2 is 2.29 bits per heavy atom. The van der Waals surface area contributed by atoms with E-state index in [1.54, 1.807) is 6.07 Å². The van der Waals surface area contributed by atoms with E-state index in [0.29, 0.717) is 0 Å². The van der Waals surface area contributed by atoms with E-state index in [9.17, 15) is 8.78 Å². The summed E-state index contributed by atoms with van der Waals surface area (Å²) in [5.41, 5.74) is 4.40. The third kappa shape index (κ3) is 1.63. The zero-order valence-corrected chi connectivity index (χ0v) is 7.04. The van der Waals surface area contributed by atoms with Crippen LogP contribution in [0.2, 0.25) is 0 Å². The molecule has 0 radical (unpaired) electrons. The predicted molar refractivity (Wildman–Crippen MR) is 44.2 cm³/mol. The summed E-state index contributed by atoms with van der Waals surface area (Å²) in [5, 5.41) is 17.4. The molecule has 0 amide bonds. The van der Waals surface area contributed by atoms with Crippen molar-refractivity contribution < 1.29 is 13.9 Å². The lowest BCUT2D eigenvalue weighted by molar-refractivity contribution is 0.145. The number of halogens is 2. The van der Waals surface area contributed by atoms with Gasteiger partial charge >= 0.3 is 0 Å². The minimum absolute atomic E-state index is 0.00204. The van der Waals surface area contributed by atoms with Crippen LogP contribution in [-0.4, -0.2) is 10.1 Å². The second kappa shape index (κ2) is 3.98. The van der Waals surface area contributed by atoms with Gasteiger partial charge in [-0.1, -0.05) is 0 Å². The third-order valence-corrected chi connectivity index (χ3v) is 1.73. The highest BCUT2D eigenvalue weighted by atomic mass is 19.3. The molecule has 0 atom stereocenters. The fourth-order valence-electron chi connectivity index (χ4n) is 1.04. The number of aliphatic hydroxyl groups is 1. The molecule has 0 fully saturated rings. The van der Waals surface area contributed by atoms with E-state index in [2.05, 4.69) is 4.98 Å². The van der Waals surface area contributed by atoms with Crippen LogP contribution in [0.15, 0.2) is 6.20 Å². The molecular formula is C8H7F2N3O. The number of alkyl halides is 2. The third-order valence-electron chi connectivity index (χ3n) is 1.73. The van der Waals surface area contributed by atoms with Crippen molar-refractivity contribution in [2.75, 3.05) is 5.73 Å². The molecule has 74 valence electrons. The number of rotatable bonds is 2. The van der Waals surface area contributed by atoms with E-state index in [-0.39, 0.29) is 16.8 Å². The molecule has 4 nitrogen and oxygen atoms in total. The minimum Gasteiger partial charge on any atom is -0.397 e. The predicted octanol–water partition coefficient (Wildman–Crippen LogP) is 0.965. The number of anilines is 1. The smallest absolute Gasteiger partial charge is 0.281 e. The number of hydrogen-bond acceptors (Lipinski definition) is 4. The number of nitrogens with two attached hydrogens (primary N) is 1. The number of nitrogen functional groups attached to an aromatic ring is 1. The number of nitriles is 1. The first-order valence-corrected chi connectivity index (χ1v) is 3.68. The summed E-state index contributed by atoms with van der Waals surface area (Å²) >= 11 is 0. The van der Waals surface area contributed by atoms with Crippen LogP contribution in [0.3, 0.4) is 0 Å². The molecule has 0 spiro atoms. The van der Waals surface area contributed by atoms with Crippen LogP contribution in [-0.2, 0) is 6.61 Å². The molecule has 1 aromatic heterocycles. The van der Waals surface area contributed by atoms with Gasteiger partial charge < -0.3 is 10.8 Å². The zero-order chi connectivity index (χ0) is 10.7. The fraction of sp³-hybridized carbons (Fsp3) is 0.250. The number of aliphatic hydroxyl groups excluding tert-OH is 1. The first kappa shape index (κ1) is 10.3. The standard InChI is InChI=1S/C8H7F2N3O/c9-8(10)7-4(1-11)5(3-14)6(12)2-13-7/h2,8,14H,3,12H2. The van der Waals surface area contributed by atoms with E-state index >= 15 is 0 Å². The SMILES string of the molecule is N#Cc1c(C(F)F)ncc(N)c1CO. The van der Waals surface area contributed by atoms with Crippen LogP contribution in [0, 0.1) is 11.3 Å². The maximum absolute atomic E-state index is 12.3. The summed E-state index contributed by atoms with van der Waals surface area (Å²) < 4.78 is 24.7. The van der Waals surface area contributed by atoms with Gasteiger partial charge in [-0.25, -0.2) is 8.78 Å². The van der Waals surface area contributed by atoms with Gasteiger partial charge in [0.25, 0.3) is 6.43 Å². The fourth-order valence-corrected chi connectivity index (χ4v) is 1.04. The number of hydrogen-bond donors (Lipinski definition) is 2. The van der Waals surface area contributed by atoms with Crippen LogP contribution >= 0.6 is 0 Å². The zero-order valence-electron chi connectivity index (χ0n) is 7.04. The first-order chi connectivity index (χ1) is 6.61. The van der Waals surface area contributed by atoms with E-state index in [1.165, 1.54) is 0 Å². The molecule has 1 aromatic rings. The maximum atomic E-state index is 12.3. The van der Waals surface area contributed by atoms with Crippen LogP contribution in [0.5, 0.6) is 0 Å². The lowest BCUT2D eigenvalue weighted by atomic mass is 10.1. The molecule has 0 saturated carbocycles. The summed E-state index contributed by atoms with van der Waals surface area (Å²) in [6.07, 6.45) is -1.84. The molecule has 0 aliphatic heterocycles. The number of nitrogens with zero attached hydrogens (tertiary/aromatic N) is 2. The van der Waals surface area contributed by atoms with Crippen molar-refractivity contribution in [1.82, 2.24) is 4.98 Å². The van der Waals surface area contributed by atoms with E-state index < -0.39 is 18.7 Å². The van der Waals surface area contributed by atoms with Crippen molar-refractivity contribution in [3.05, 3.63) is 23.0 Å². The van der Waals surface area contributed by atoms with Crippen LogP contribution < -0.4 is 5.73 Å². The lowest BCUT2D eigenvalue weighted by Crippen LogP contribution is -2.05. The Hall–Kier alpha value is -1.74. The summed E-state index contributed by atoms with van der Waals surface area (Å²) in [5.74, 6) is 0. The van der Waals surface area contributed by atoms with Gasteiger partial charge in [-0.2, -0.15) is 5.26 Å². The van der Waals surface area contributed by atoms with E-state index in [0.717, 1.165) is 6.20 Å². The highest BCUT2D eigenvalue weighted by molar-refractivity contribution is 5.55. The molecule has 0 aliphatic carbocycles. The molecule has 14 heavy (non-hydrogen) atoms. The van der Waals surface area contributed by atoms with Crippen molar-refractivity contribution in [1.29, 1.82) is 5.26 Å². The quantitative estimate of drug-likeness (QED) is 0.743. The molecule has 0 aliphatic rings. The maximum Gasteiger partial charge on any atom is 0.281 e. The highest BCUT2D eigenvalue weighted by Crippen LogP contribution is 2.25. The van der Waals surface area contributed by atoms with Gasteiger partial charge in [-0.05, 0) is 0 Å². The van der Waals surface area contributed by atoms with Crippen molar-refractivity contribution in [2.45, 2.75) is 13.0 Å². The molecule has 0 aromatic carbocycles.